The highest BCUT2D eigenvalue weighted by Crippen LogP contribution is 2.36. The molecule has 0 fully saturated rings. The zero-order valence-corrected chi connectivity index (χ0v) is 13.3. The molecular formula is C18H20N2S. The molecule has 0 saturated carbocycles. The number of aryl methyl sites for hydroxylation is 1. The van der Waals surface area contributed by atoms with E-state index >= 15 is 0 Å². The van der Waals surface area contributed by atoms with Gasteiger partial charge in [0.2, 0.25) is 0 Å². The average molecular weight is 296 g/mol. The number of hydrogen-bond acceptors (Lipinski definition) is 2. The summed E-state index contributed by atoms with van der Waals surface area (Å²) in [7, 11) is 1.99. The first-order valence-electron chi connectivity index (χ1n) is 7.32. The van der Waals surface area contributed by atoms with Crippen molar-refractivity contribution in [1.82, 2.24) is 10.3 Å². The molecule has 2 N–H and O–H groups in total. The van der Waals surface area contributed by atoms with Gasteiger partial charge in [0.05, 0.1) is 0 Å². The number of aromatic nitrogens is 1. The summed E-state index contributed by atoms with van der Waals surface area (Å²) in [5.74, 6) is 0. The van der Waals surface area contributed by atoms with Gasteiger partial charge in [0.15, 0.2) is 0 Å². The lowest BCUT2D eigenvalue weighted by atomic mass is 10.1. The third-order valence-electron chi connectivity index (χ3n) is 3.70. The van der Waals surface area contributed by atoms with Crippen LogP contribution < -0.4 is 5.32 Å². The average Bonchev–Trinajstić information content (AvgIpc) is 2.93. The number of H-pyrrole nitrogens is 1. The number of hydrogen-bond donors (Lipinski definition) is 2. The maximum atomic E-state index is 3.44. The van der Waals surface area contributed by atoms with Gasteiger partial charge in [0.25, 0.3) is 0 Å². The second kappa shape index (κ2) is 6.37. The Morgan fingerprint density at radius 1 is 1.00 bits per heavy atom. The lowest BCUT2D eigenvalue weighted by Crippen LogP contribution is -2.05. The predicted molar refractivity (Wildman–Crippen MR) is 91.0 cm³/mol. The fraction of sp³-hybridized carbons (Fsp3) is 0.222. The molecule has 0 radical (unpaired) electrons. The van der Waals surface area contributed by atoms with E-state index in [0.29, 0.717) is 0 Å². The number of benzene rings is 2. The van der Waals surface area contributed by atoms with Crippen LogP contribution in [0.1, 0.15) is 18.1 Å². The molecule has 0 aliphatic rings. The smallest absolute Gasteiger partial charge is 0.0498 e. The maximum Gasteiger partial charge on any atom is 0.0498 e. The molecule has 0 amide bonds. The number of fused-ring (bicyclic) bond motifs is 1. The first kappa shape index (κ1) is 14.2. The minimum Gasteiger partial charge on any atom is -0.360 e. The van der Waals surface area contributed by atoms with E-state index in [2.05, 4.69) is 65.9 Å². The largest absolute Gasteiger partial charge is 0.360 e. The Morgan fingerprint density at radius 2 is 1.81 bits per heavy atom. The monoisotopic (exact) mass is 296 g/mol. The molecule has 3 aromatic rings. The molecule has 2 nitrogen and oxygen atoms in total. The first-order chi connectivity index (χ1) is 10.3. The van der Waals surface area contributed by atoms with Gasteiger partial charge in [-0.1, -0.05) is 55.1 Å². The second-order valence-corrected chi connectivity index (χ2v) is 6.17. The molecule has 0 bridgehead atoms. The van der Waals surface area contributed by atoms with Crippen LogP contribution in [0.3, 0.4) is 0 Å². The Kier molecular flexibility index (Phi) is 4.32. The van der Waals surface area contributed by atoms with Crippen molar-refractivity contribution in [3.8, 4) is 0 Å². The van der Waals surface area contributed by atoms with Crippen LogP contribution in [0.2, 0.25) is 0 Å². The van der Waals surface area contributed by atoms with Crippen molar-refractivity contribution in [2.75, 3.05) is 7.05 Å². The van der Waals surface area contributed by atoms with E-state index in [9.17, 15) is 0 Å². The van der Waals surface area contributed by atoms with E-state index in [4.69, 9.17) is 0 Å². The molecule has 2 aromatic carbocycles. The summed E-state index contributed by atoms with van der Waals surface area (Å²) >= 11 is 1.84. The first-order valence-corrected chi connectivity index (χ1v) is 8.14. The van der Waals surface area contributed by atoms with Crippen molar-refractivity contribution in [2.24, 2.45) is 0 Å². The van der Waals surface area contributed by atoms with Gasteiger partial charge >= 0.3 is 0 Å². The molecule has 1 heterocycles. The molecule has 0 saturated heterocycles. The van der Waals surface area contributed by atoms with Gasteiger partial charge in [-0.3, -0.25) is 0 Å². The molecule has 1 aromatic heterocycles. The van der Waals surface area contributed by atoms with Crippen LogP contribution in [0, 0.1) is 0 Å². The van der Waals surface area contributed by atoms with Gasteiger partial charge in [0, 0.05) is 33.4 Å². The van der Waals surface area contributed by atoms with Crippen LogP contribution in [0.4, 0.5) is 0 Å². The SMILES string of the molecule is CCc1cccc2c(Sc3ccccc3CNC)c[nH]c12. The van der Waals surface area contributed by atoms with Gasteiger partial charge in [0.1, 0.15) is 0 Å². The van der Waals surface area contributed by atoms with E-state index in [-0.39, 0.29) is 0 Å². The van der Waals surface area contributed by atoms with E-state index in [1.165, 1.54) is 31.8 Å². The van der Waals surface area contributed by atoms with Crippen LogP contribution in [0.5, 0.6) is 0 Å². The summed E-state index contributed by atoms with van der Waals surface area (Å²) in [6, 6.07) is 15.1. The van der Waals surface area contributed by atoms with Crippen LogP contribution in [-0.2, 0) is 13.0 Å². The fourth-order valence-corrected chi connectivity index (χ4v) is 3.68. The summed E-state index contributed by atoms with van der Waals surface area (Å²) in [4.78, 5) is 6.05. The Balaban J connectivity index is 1.99. The maximum absolute atomic E-state index is 3.44. The van der Waals surface area contributed by atoms with Crippen molar-refractivity contribution >= 4 is 22.7 Å². The molecule has 3 rings (SSSR count). The molecule has 108 valence electrons. The van der Waals surface area contributed by atoms with Gasteiger partial charge < -0.3 is 10.3 Å². The Hall–Kier alpha value is -1.71. The highest BCUT2D eigenvalue weighted by Gasteiger charge is 2.09. The third-order valence-corrected chi connectivity index (χ3v) is 4.88. The number of nitrogens with one attached hydrogen (secondary N) is 2. The minimum absolute atomic E-state index is 0.895. The molecule has 3 heteroatoms. The van der Waals surface area contributed by atoms with E-state index in [1.807, 2.05) is 18.8 Å². The molecule has 0 aliphatic carbocycles. The summed E-state index contributed by atoms with van der Waals surface area (Å²) < 4.78 is 0. The van der Waals surface area contributed by atoms with Crippen molar-refractivity contribution in [1.29, 1.82) is 0 Å². The zero-order valence-electron chi connectivity index (χ0n) is 12.4. The summed E-state index contributed by atoms with van der Waals surface area (Å²) in [5, 5.41) is 4.56. The Bertz CT molecular complexity index is 746. The summed E-state index contributed by atoms with van der Waals surface area (Å²) in [6.07, 6.45) is 3.18. The van der Waals surface area contributed by atoms with E-state index < -0.39 is 0 Å². The standard InChI is InChI=1S/C18H20N2S/c1-3-13-8-6-9-15-17(12-20-18(13)15)21-16-10-5-4-7-14(16)11-19-2/h4-10,12,19-20H,3,11H2,1-2H3. The molecule has 0 aliphatic heterocycles. The molecule has 0 atom stereocenters. The van der Waals surface area contributed by atoms with Crippen molar-refractivity contribution in [3.63, 3.8) is 0 Å². The zero-order chi connectivity index (χ0) is 14.7. The van der Waals surface area contributed by atoms with Crippen molar-refractivity contribution < 1.29 is 0 Å². The van der Waals surface area contributed by atoms with Crippen LogP contribution >= 0.6 is 11.8 Å². The van der Waals surface area contributed by atoms with Crippen LogP contribution in [0.15, 0.2) is 58.5 Å². The molecule has 21 heavy (non-hydrogen) atoms. The molecular weight excluding hydrogens is 276 g/mol. The van der Waals surface area contributed by atoms with E-state index in [0.717, 1.165) is 13.0 Å². The number of rotatable bonds is 5. The van der Waals surface area contributed by atoms with Crippen LogP contribution in [0.25, 0.3) is 10.9 Å². The van der Waals surface area contributed by atoms with Crippen molar-refractivity contribution in [2.45, 2.75) is 29.7 Å². The lowest BCUT2D eigenvalue weighted by molar-refractivity contribution is 0.803. The summed E-state index contributed by atoms with van der Waals surface area (Å²) in [6.45, 7) is 3.09. The highest BCUT2D eigenvalue weighted by atomic mass is 32.2. The lowest BCUT2D eigenvalue weighted by Gasteiger charge is -2.08. The number of para-hydroxylation sites is 1. The second-order valence-electron chi connectivity index (χ2n) is 5.09. The quantitative estimate of drug-likeness (QED) is 0.720. The van der Waals surface area contributed by atoms with Gasteiger partial charge in [-0.25, -0.2) is 0 Å². The molecule has 0 spiro atoms. The van der Waals surface area contributed by atoms with Gasteiger partial charge in [-0.05, 0) is 30.7 Å². The van der Waals surface area contributed by atoms with Crippen molar-refractivity contribution in [3.05, 3.63) is 59.8 Å². The van der Waals surface area contributed by atoms with E-state index in [1.54, 1.807) is 0 Å². The topological polar surface area (TPSA) is 27.8 Å². The number of aromatic amines is 1. The molecule has 0 unspecified atom stereocenters. The predicted octanol–water partition coefficient (Wildman–Crippen LogP) is 4.60. The fourth-order valence-electron chi connectivity index (χ4n) is 2.63. The summed E-state index contributed by atoms with van der Waals surface area (Å²) in [5.41, 5.74) is 3.99. The normalized spacial score (nSPS) is 11.1. The van der Waals surface area contributed by atoms with Gasteiger partial charge in [-0.2, -0.15) is 0 Å². The van der Waals surface area contributed by atoms with Crippen LogP contribution in [-0.4, -0.2) is 12.0 Å². The van der Waals surface area contributed by atoms with Gasteiger partial charge in [-0.15, -0.1) is 0 Å². The highest BCUT2D eigenvalue weighted by molar-refractivity contribution is 7.99. The third kappa shape index (κ3) is 2.85. The Labute approximate surface area is 130 Å². The Morgan fingerprint density at radius 3 is 2.62 bits per heavy atom. The minimum atomic E-state index is 0.895.